The first-order valence-corrected chi connectivity index (χ1v) is 6.63. The highest BCUT2D eigenvalue weighted by Crippen LogP contribution is 2.38. The fourth-order valence-electron chi connectivity index (χ4n) is 1.57. The number of halogens is 1. The quantitative estimate of drug-likeness (QED) is 0.668. The Kier molecular flexibility index (Phi) is 3.65. The maximum atomic E-state index is 10.8. The zero-order valence-corrected chi connectivity index (χ0v) is 11.4. The second-order valence-corrected chi connectivity index (χ2v) is 5.45. The van der Waals surface area contributed by atoms with Crippen LogP contribution in [0.25, 0.3) is 0 Å². The number of nitro benzene ring substituents is 1. The standard InChI is InChI=1S/C11H9BrN2O3S/c12-8-5-6(14(16)17)4-7(11(8)15)10(13)9-2-1-3-18-9/h1-5,10,15H,13H2/t10-/m0/s1. The summed E-state index contributed by atoms with van der Waals surface area (Å²) in [5.41, 5.74) is 6.23. The zero-order valence-electron chi connectivity index (χ0n) is 9.04. The molecule has 2 rings (SSSR count). The highest BCUT2D eigenvalue weighted by atomic mass is 79.9. The number of rotatable bonds is 3. The van der Waals surface area contributed by atoms with Crippen molar-refractivity contribution in [3.63, 3.8) is 0 Å². The molecule has 1 aromatic heterocycles. The van der Waals surface area contributed by atoms with Crippen LogP contribution in [-0.2, 0) is 0 Å². The number of hydrogen-bond donors (Lipinski definition) is 2. The van der Waals surface area contributed by atoms with E-state index in [1.807, 2.05) is 17.5 Å². The fraction of sp³-hybridized carbons (Fsp3) is 0.0909. The average Bonchev–Trinajstić information content (AvgIpc) is 2.85. The molecule has 1 heterocycles. The Bertz CT molecular complexity index is 586. The third-order valence-corrected chi connectivity index (χ3v) is 4.03. The van der Waals surface area contributed by atoms with Gasteiger partial charge < -0.3 is 10.8 Å². The predicted octanol–water partition coefficient (Wildman–Crippen LogP) is 3.17. The van der Waals surface area contributed by atoms with Gasteiger partial charge in [-0.2, -0.15) is 0 Å². The molecule has 1 atom stereocenters. The van der Waals surface area contributed by atoms with Gasteiger partial charge in [0.25, 0.3) is 5.69 Å². The molecule has 94 valence electrons. The van der Waals surface area contributed by atoms with E-state index in [0.29, 0.717) is 5.56 Å². The summed E-state index contributed by atoms with van der Waals surface area (Å²) in [6.07, 6.45) is 0. The predicted molar refractivity (Wildman–Crippen MR) is 72.8 cm³/mol. The van der Waals surface area contributed by atoms with Gasteiger partial charge >= 0.3 is 0 Å². The van der Waals surface area contributed by atoms with Gasteiger partial charge in [-0.1, -0.05) is 6.07 Å². The number of non-ortho nitro benzene ring substituents is 1. The minimum Gasteiger partial charge on any atom is -0.506 e. The van der Waals surface area contributed by atoms with Crippen LogP contribution in [0.5, 0.6) is 5.75 Å². The summed E-state index contributed by atoms with van der Waals surface area (Å²) in [7, 11) is 0. The van der Waals surface area contributed by atoms with Gasteiger partial charge in [0.1, 0.15) is 5.75 Å². The molecule has 3 N–H and O–H groups in total. The number of nitro groups is 1. The molecule has 5 nitrogen and oxygen atoms in total. The molecule has 1 aromatic carbocycles. The van der Waals surface area contributed by atoms with Crippen molar-refractivity contribution >= 4 is 33.0 Å². The summed E-state index contributed by atoms with van der Waals surface area (Å²) in [6.45, 7) is 0. The van der Waals surface area contributed by atoms with Crippen molar-refractivity contribution in [3.8, 4) is 5.75 Å². The minimum atomic E-state index is -0.582. The second-order valence-electron chi connectivity index (χ2n) is 3.62. The number of nitrogens with zero attached hydrogens (tertiary/aromatic N) is 1. The van der Waals surface area contributed by atoms with Crippen LogP contribution < -0.4 is 5.73 Å². The lowest BCUT2D eigenvalue weighted by Gasteiger charge is -2.12. The van der Waals surface area contributed by atoms with E-state index in [1.54, 1.807) is 0 Å². The van der Waals surface area contributed by atoms with Gasteiger partial charge in [-0.25, -0.2) is 0 Å². The van der Waals surface area contributed by atoms with Gasteiger partial charge in [0.15, 0.2) is 0 Å². The summed E-state index contributed by atoms with van der Waals surface area (Å²) in [4.78, 5) is 11.1. The number of hydrogen-bond acceptors (Lipinski definition) is 5. The van der Waals surface area contributed by atoms with Gasteiger partial charge in [0.05, 0.1) is 15.4 Å². The van der Waals surface area contributed by atoms with Crippen LogP contribution in [0.2, 0.25) is 0 Å². The molecule has 0 saturated carbocycles. The smallest absolute Gasteiger partial charge is 0.271 e. The van der Waals surface area contributed by atoms with Crippen molar-refractivity contribution < 1.29 is 10.0 Å². The third kappa shape index (κ3) is 2.38. The van der Waals surface area contributed by atoms with E-state index in [2.05, 4.69) is 15.9 Å². The largest absolute Gasteiger partial charge is 0.506 e. The number of benzene rings is 1. The SMILES string of the molecule is N[C@H](c1cccs1)c1cc([N+](=O)[O-])cc(Br)c1O. The first-order valence-electron chi connectivity index (χ1n) is 4.96. The molecule has 2 aromatic rings. The molecule has 0 amide bonds. The van der Waals surface area contributed by atoms with Crippen LogP contribution in [0.3, 0.4) is 0 Å². The van der Waals surface area contributed by atoms with Gasteiger partial charge in [-0.3, -0.25) is 10.1 Å². The van der Waals surface area contributed by atoms with E-state index in [4.69, 9.17) is 5.73 Å². The Hall–Kier alpha value is -1.44. The topological polar surface area (TPSA) is 89.4 Å². The molecule has 0 bridgehead atoms. The first kappa shape index (κ1) is 13.0. The van der Waals surface area contributed by atoms with Crippen LogP contribution in [-0.4, -0.2) is 10.0 Å². The van der Waals surface area contributed by atoms with Crippen molar-refractivity contribution in [2.24, 2.45) is 5.73 Å². The molecule has 0 unspecified atom stereocenters. The van der Waals surface area contributed by atoms with Gasteiger partial charge in [-0.05, 0) is 27.4 Å². The maximum Gasteiger partial charge on any atom is 0.271 e. The van der Waals surface area contributed by atoms with Gasteiger partial charge in [-0.15, -0.1) is 11.3 Å². The van der Waals surface area contributed by atoms with E-state index in [-0.39, 0.29) is 15.9 Å². The molecular weight excluding hydrogens is 320 g/mol. The van der Waals surface area contributed by atoms with Crippen LogP contribution in [0.4, 0.5) is 5.69 Å². The van der Waals surface area contributed by atoms with Crippen LogP contribution in [0.1, 0.15) is 16.5 Å². The van der Waals surface area contributed by atoms with E-state index < -0.39 is 11.0 Å². The lowest BCUT2D eigenvalue weighted by Crippen LogP contribution is -2.11. The summed E-state index contributed by atoms with van der Waals surface area (Å²) in [5.74, 6) is -0.0681. The summed E-state index contributed by atoms with van der Waals surface area (Å²) < 4.78 is 0.263. The molecule has 0 saturated heterocycles. The third-order valence-electron chi connectivity index (χ3n) is 2.47. The van der Waals surface area contributed by atoms with Crippen molar-refractivity contribution in [1.29, 1.82) is 0 Å². The molecule has 7 heteroatoms. The molecule has 0 fully saturated rings. The highest BCUT2D eigenvalue weighted by Gasteiger charge is 2.20. The Morgan fingerprint density at radius 3 is 2.78 bits per heavy atom. The van der Waals surface area contributed by atoms with Crippen molar-refractivity contribution in [1.82, 2.24) is 0 Å². The van der Waals surface area contributed by atoms with Crippen molar-refractivity contribution in [3.05, 3.63) is 54.7 Å². The summed E-state index contributed by atoms with van der Waals surface area (Å²) >= 11 is 4.52. The molecule has 18 heavy (non-hydrogen) atoms. The van der Waals surface area contributed by atoms with Crippen molar-refractivity contribution in [2.75, 3.05) is 0 Å². The van der Waals surface area contributed by atoms with Gasteiger partial charge in [0, 0.05) is 22.6 Å². The zero-order chi connectivity index (χ0) is 13.3. The maximum absolute atomic E-state index is 10.8. The number of thiophene rings is 1. The molecule has 0 spiro atoms. The second kappa shape index (κ2) is 5.05. The van der Waals surface area contributed by atoms with E-state index in [0.717, 1.165) is 4.88 Å². The monoisotopic (exact) mass is 328 g/mol. The molecule has 0 radical (unpaired) electrons. The lowest BCUT2D eigenvalue weighted by molar-refractivity contribution is -0.385. The minimum absolute atomic E-state index is 0.0681. The van der Waals surface area contributed by atoms with E-state index >= 15 is 0 Å². The summed E-state index contributed by atoms with van der Waals surface area (Å²) in [5, 5.41) is 22.6. The average molecular weight is 329 g/mol. The number of phenols is 1. The Balaban J connectivity index is 2.53. The Morgan fingerprint density at radius 1 is 1.50 bits per heavy atom. The number of phenolic OH excluding ortho intramolecular Hbond substituents is 1. The van der Waals surface area contributed by atoms with Crippen LogP contribution in [0.15, 0.2) is 34.1 Å². The van der Waals surface area contributed by atoms with Crippen LogP contribution in [0, 0.1) is 10.1 Å². The fourth-order valence-corrected chi connectivity index (χ4v) is 2.78. The van der Waals surface area contributed by atoms with E-state index in [9.17, 15) is 15.2 Å². The molecular formula is C11H9BrN2O3S. The summed E-state index contributed by atoms with van der Waals surface area (Å²) in [6, 6.07) is 5.62. The first-order chi connectivity index (χ1) is 8.50. The number of nitrogens with two attached hydrogens (primary N) is 1. The van der Waals surface area contributed by atoms with Crippen molar-refractivity contribution in [2.45, 2.75) is 6.04 Å². The Labute approximate surface area is 115 Å². The lowest BCUT2D eigenvalue weighted by atomic mass is 10.0. The highest BCUT2D eigenvalue weighted by molar-refractivity contribution is 9.10. The van der Waals surface area contributed by atoms with Gasteiger partial charge in [0.2, 0.25) is 0 Å². The normalized spacial score (nSPS) is 12.3. The molecule has 0 aliphatic heterocycles. The van der Waals surface area contributed by atoms with Crippen LogP contribution >= 0.6 is 27.3 Å². The number of aromatic hydroxyl groups is 1. The Morgan fingerprint density at radius 2 is 2.22 bits per heavy atom. The van der Waals surface area contributed by atoms with E-state index in [1.165, 1.54) is 23.5 Å². The molecule has 0 aliphatic rings. The molecule has 0 aliphatic carbocycles.